The molecule has 1 nitrogen and oxygen atoms in total. The van der Waals surface area contributed by atoms with Crippen LogP contribution in [-0.2, 0) is 4.43 Å². The molecule has 0 aliphatic heterocycles. The van der Waals surface area contributed by atoms with Crippen LogP contribution in [0.3, 0.4) is 0 Å². The molecule has 0 fully saturated rings. The van der Waals surface area contributed by atoms with Gasteiger partial charge in [-0.15, -0.1) is 0 Å². The summed E-state index contributed by atoms with van der Waals surface area (Å²) in [5, 5.41) is 0. The Morgan fingerprint density at radius 1 is 0.559 bits per heavy atom. The fourth-order valence-electron chi connectivity index (χ4n) is 2.00. The van der Waals surface area contributed by atoms with Gasteiger partial charge in [0.2, 0.25) is 0 Å². The molecule has 0 aromatic rings. The van der Waals surface area contributed by atoms with Gasteiger partial charge in [0.15, 0.2) is 8.32 Å². The summed E-state index contributed by atoms with van der Waals surface area (Å²) in [6.07, 6.45) is -10.3. The Morgan fingerprint density at radius 2 is 0.853 bits per heavy atom. The molecule has 0 aromatic carbocycles. The van der Waals surface area contributed by atoms with Crippen LogP contribution in [0.5, 0.6) is 0 Å². The van der Waals surface area contributed by atoms with Crippen LogP contribution in [0.2, 0.25) is 19.6 Å². The van der Waals surface area contributed by atoms with Crippen LogP contribution in [0, 0.1) is 0 Å². The number of halogens is 18. The first kappa shape index (κ1) is 33.7. The van der Waals surface area contributed by atoms with Crippen molar-refractivity contribution in [2.45, 2.75) is 77.6 Å². The van der Waals surface area contributed by atoms with Crippen molar-refractivity contribution in [3.63, 3.8) is 0 Å². The number of hydrogen-bond acceptors (Lipinski definition) is 1. The Hall–Kier alpha value is -0.283. The topological polar surface area (TPSA) is 9.23 Å². The van der Waals surface area contributed by atoms with Crippen molar-refractivity contribution in [3.05, 3.63) is 0 Å². The molecule has 20 heteroatoms. The number of rotatable bonds is 11. The molecule has 1 atom stereocenters. The van der Waals surface area contributed by atoms with Gasteiger partial charge in [-0.05, 0) is 19.6 Å². The van der Waals surface area contributed by atoms with E-state index in [-0.39, 0.29) is 0 Å². The molecule has 0 spiro atoms. The van der Waals surface area contributed by atoms with Crippen molar-refractivity contribution in [1.82, 2.24) is 0 Å². The second kappa shape index (κ2) is 9.23. The molecule has 0 N–H and O–H groups in total. The summed E-state index contributed by atoms with van der Waals surface area (Å²) in [7, 11) is -2.54. The summed E-state index contributed by atoms with van der Waals surface area (Å²) in [5.41, 5.74) is 0. The number of hydrogen-bond donors (Lipinski definition) is 0. The fraction of sp³-hybridized carbons (Fsp3) is 1.00. The monoisotopic (exact) mass is 676 g/mol. The number of alkyl halides is 18. The van der Waals surface area contributed by atoms with Gasteiger partial charge in [0.1, 0.15) is 0 Å². The summed E-state index contributed by atoms with van der Waals surface area (Å²) >= 11 is 0.903. The van der Waals surface area contributed by atoms with Gasteiger partial charge in [0.05, 0.1) is 0 Å². The van der Waals surface area contributed by atoms with Crippen molar-refractivity contribution in [2.75, 3.05) is 6.61 Å². The quantitative estimate of drug-likeness (QED) is 0.0933. The van der Waals surface area contributed by atoms with Crippen LogP contribution >= 0.6 is 22.6 Å². The van der Waals surface area contributed by atoms with E-state index in [2.05, 4.69) is 0 Å². The van der Waals surface area contributed by atoms with Crippen LogP contribution in [0.15, 0.2) is 0 Å². The maximum absolute atomic E-state index is 13.8. The molecule has 0 rings (SSSR count). The van der Waals surface area contributed by atoms with Gasteiger partial charge in [-0.1, -0.05) is 22.6 Å². The predicted molar refractivity (Wildman–Crippen MR) is 92.4 cm³/mol. The van der Waals surface area contributed by atoms with Crippen LogP contribution in [0.4, 0.5) is 74.6 Å². The molecule has 0 heterocycles. The first-order chi connectivity index (χ1) is 14.4. The lowest BCUT2D eigenvalue weighted by Crippen LogP contribution is -2.74. The zero-order valence-electron chi connectivity index (χ0n) is 16.7. The lowest BCUT2D eigenvalue weighted by molar-refractivity contribution is -0.461. The average Bonchev–Trinajstić information content (AvgIpc) is 2.56. The third kappa shape index (κ3) is 5.51. The van der Waals surface area contributed by atoms with Crippen LogP contribution in [0.25, 0.3) is 0 Å². The lowest BCUT2D eigenvalue weighted by atomic mass is 9.88. The van der Waals surface area contributed by atoms with E-state index in [0.717, 1.165) is 22.6 Å². The SMILES string of the molecule is C[Si](C)(C)OCC(I)CC(F)(F)C(F)(F)C(F)(F)C(F)(F)C(F)(F)C(F)(F)C(F)(F)C(F)(F)F. The van der Waals surface area contributed by atoms with Crippen molar-refractivity contribution in [3.8, 4) is 0 Å². The van der Waals surface area contributed by atoms with E-state index in [0.29, 0.717) is 0 Å². The summed E-state index contributed by atoms with van der Waals surface area (Å²) in [4.78, 5) is 0. The Labute approximate surface area is 194 Å². The molecule has 34 heavy (non-hydrogen) atoms. The molecule has 0 saturated heterocycles. The van der Waals surface area contributed by atoms with Gasteiger partial charge >= 0.3 is 47.6 Å². The first-order valence-electron chi connectivity index (χ1n) is 8.34. The minimum Gasteiger partial charge on any atom is -0.417 e. The Balaban J connectivity index is 6.40. The average molecular weight is 676 g/mol. The minimum atomic E-state index is -8.60. The smallest absolute Gasteiger partial charge is 0.417 e. The predicted octanol–water partition coefficient (Wildman–Crippen LogP) is 8.04. The Kier molecular flexibility index (Phi) is 9.15. The van der Waals surface area contributed by atoms with Gasteiger partial charge in [-0.3, -0.25) is 0 Å². The zero-order chi connectivity index (χ0) is 28.2. The zero-order valence-corrected chi connectivity index (χ0v) is 19.9. The first-order valence-corrected chi connectivity index (χ1v) is 13.0. The van der Waals surface area contributed by atoms with Crippen LogP contribution in [0.1, 0.15) is 6.42 Å². The van der Waals surface area contributed by atoms with E-state index >= 15 is 0 Å². The van der Waals surface area contributed by atoms with E-state index in [1.165, 1.54) is 19.6 Å². The third-order valence-electron chi connectivity index (χ3n) is 3.96. The summed E-state index contributed by atoms with van der Waals surface area (Å²) in [6, 6.07) is 0. The standard InChI is InChI=1S/C14H14F17IOSi/c1-34(2,3)33-5-6(32)4-7(15,16)8(17,18)9(19,20)10(21,22)11(23,24)12(25,26)13(27,28)14(29,30)31/h6H,4-5H2,1-3H3. The molecule has 206 valence electrons. The highest BCUT2D eigenvalue weighted by Gasteiger charge is 2.95. The molecule has 0 aromatic heterocycles. The molecule has 1 unspecified atom stereocenters. The van der Waals surface area contributed by atoms with Crippen LogP contribution in [-0.4, -0.2) is 66.5 Å². The van der Waals surface area contributed by atoms with Gasteiger partial charge < -0.3 is 4.43 Å². The molecule has 0 aliphatic carbocycles. The molecule has 0 aliphatic rings. The van der Waals surface area contributed by atoms with E-state index in [9.17, 15) is 74.6 Å². The summed E-state index contributed by atoms with van der Waals surface area (Å²) in [6.45, 7) is 3.46. The van der Waals surface area contributed by atoms with E-state index in [1.54, 1.807) is 0 Å². The highest BCUT2D eigenvalue weighted by atomic mass is 127. The third-order valence-corrected chi connectivity index (χ3v) is 5.79. The maximum Gasteiger partial charge on any atom is 0.460 e. The highest BCUT2D eigenvalue weighted by Crippen LogP contribution is 2.64. The second-order valence-corrected chi connectivity index (χ2v) is 14.1. The summed E-state index contributed by atoms with van der Waals surface area (Å²) < 4.78 is 227. The Morgan fingerprint density at radius 3 is 1.15 bits per heavy atom. The molecular formula is C14H14F17IOSi. The lowest BCUT2D eigenvalue weighted by Gasteiger charge is -2.43. The van der Waals surface area contributed by atoms with E-state index < -0.39 is 72.9 Å². The van der Waals surface area contributed by atoms with Gasteiger partial charge in [-0.2, -0.15) is 74.6 Å². The largest absolute Gasteiger partial charge is 0.460 e. The summed E-state index contributed by atoms with van der Waals surface area (Å²) in [5.74, 6) is -56.1. The van der Waals surface area contributed by atoms with E-state index in [1.807, 2.05) is 0 Å². The normalized spacial score (nSPS) is 17.2. The molecular weight excluding hydrogens is 662 g/mol. The van der Waals surface area contributed by atoms with Crippen molar-refractivity contribution in [1.29, 1.82) is 0 Å². The van der Waals surface area contributed by atoms with Crippen molar-refractivity contribution in [2.24, 2.45) is 0 Å². The van der Waals surface area contributed by atoms with Crippen LogP contribution < -0.4 is 0 Å². The molecule has 0 saturated carbocycles. The van der Waals surface area contributed by atoms with Gasteiger partial charge in [0.25, 0.3) is 0 Å². The Bertz CT molecular complexity index is 712. The second-order valence-electron chi connectivity index (χ2n) is 7.87. The van der Waals surface area contributed by atoms with Gasteiger partial charge in [0, 0.05) is 17.0 Å². The van der Waals surface area contributed by atoms with E-state index in [4.69, 9.17) is 4.43 Å². The minimum absolute atomic E-state index is 0.865. The molecule has 0 amide bonds. The highest BCUT2D eigenvalue weighted by molar-refractivity contribution is 14.1. The fourth-order valence-corrected chi connectivity index (χ4v) is 3.78. The molecule has 0 radical (unpaired) electrons. The molecule has 0 bridgehead atoms. The van der Waals surface area contributed by atoms with Crippen molar-refractivity contribution < 1.29 is 79.1 Å². The maximum atomic E-state index is 13.8. The van der Waals surface area contributed by atoms with Gasteiger partial charge in [-0.25, -0.2) is 0 Å². The van der Waals surface area contributed by atoms with Crippen molar-refractivity contribution >= 4 is 30.9 Å².